The normalized spacial score (nSPS) is 10.0. The van der Waals surface area contributed by atoms with Gasteiger partial charge in [-0.15, -0.1) is 24.8 Å². The maximum absolute atomic E-state index is 11.5. The fourth-order valence-corrected chi connectivity index (χ4v) is 1.50. The van der Waals surface area contributed by atoms with Crippen LogP contribution in [0.2, 0.25) is 0 Å². The van der Waals surface area contributed by atoms with Crippen molar-refractivity contribution in [1.82, 2.24) is 10.2 Å². The highest BCUT2D eigenvalue weighted by Crippen LogP contribution is 2.01. The van der Waals surface area contributed by atoms with E-state index in [1.807, 2.05) is 0 Å². The highest BCUT2D eigenvalue weighted by molar-refractivity contribution is 5.85. The summed E-state index contributed by atoms with van der Waals surface area (Å²) in [6, 6.07) is 0.531. The van der Waals surface area contributed by atoms with E-state index in [0.717, 1.165) is 45.3 Å². The van der Waals surface area contributed by atoms with E-state index in [1.165, 1.54) is 0 Å². The van der Waals surface area contributed by atoms with Crippen LogP contribution in [0.15, 0.2) is 0 Å². The fraction of sp³-hybridized carbons (Fsp3) is 0.923. The van der Waals surface area contributed by atoms with Crippen LogP contribution < -0.4 is 11.1 Å². The van der Waals surface area contributed by atoms with Crippen molar-refractivity contribution >= 4 is 30.7 Å². The largest absolute Gasteiger partial charge is 0.355 e. The third kappa shape index (κ3) is 15.9. The summed E-state index contributed by atoms with van der Waals surface area (Å²) >= 11 is 0. The average Bonchev–Trinajstić information content (AvgIpc) is 2.28. The molecule has 118 valence electrons. The van der Waals surface area contributed by atoms with E-state index < -0.39 is 0 Å². The number of unbranched alkanes of at least 4 members (excludes halogenated alkanes) is 3. The number of carbonyl (C=O) groups excluding carboxylic acids is 1. The summed E-state index contributed by atoms with van der Waals surface area (Å²) in [5.41, 5.74) is 5.41. The number of likely N-dealkylation sites (N-methyl/N-ethyl adjacent to an activating group) is 1. The van der Waals surface area contributed by atoms with E-state index in [-0.39, 0.29) is 30.7 Å². The lowest BCUT2D eigenvalue weighted by Gasteiger charge is -2.20. The number of nitrogens with one attached hydrogen (secondary N) is 1. The average molecular weight is 316 g/mol. The zero-order valence-corrected chi connectivity index (χ0v) is 14.1. The molecule has 0 atom stereocenters. The number of rotatable bonds is 10. The van der Waals surface area contributed by atoms with Gasteiger partial charge in [0, 0.05) is 25.6 Å². The molecule has 1 amide bonds. The third-order valence-electron chi connectivity index (χ3n) is 3.03. The molecule has 0 aromatic rings. The Bertz CT molecular complexity index is 204. The maximum atomic E-state index is 11.5. The molecule has 3 N–H and O–H groups in total. The van der Waals surface area contributed by atoms with Crippen molar-refractivity contribution in [1.29, 1.82) is 0 Å². The Morgan fingerprint density at radius 3 is 2.26 bits per heavy atom. The van der Waals surface area contributed by atoms with Crippen molar-refractivity contribution in [3.05, 3.63) is 0 Å². The summed E-state index contributed by atoms with van der Waals surface area (Å²) in [4.78, 5) is 13.7. The van der Waals surface area contributed by atoms with Crippen LogP contribution in [0.1, 0.15) is 46.0 Å². The van der Waals surface area contributed by atoms with Crippen LogP contribution in [-0.4, -0.2) is 43.5 Å². The Hall–Kier alpha value is -0.0300. The van der Waals surface area contributed by atoms with Crippen molar-refractivity contribution in [2.45, 2.75) is 52.0 Å². The molecule has 6 heteroatoms. The van der Waals surface area contributed by atoms with Crippen LogP contribution in [0.25, 0.3) is 0 Å². The summed E-state index contributed by atoms with van der Waals surface area (Å²) in [7, 11) is 2.07. The first-order chi connectivity index (χ1) is 8.07. The lowest BCUT2D eigenvalue weighted by atomic mass is 10.1. The van der Waals surface area contributed by atoms with Gasteiger partial charge >= 0.3 is 0 Å². The van der Waals surface area contributed by atoms with Gasteiger partial charge in [0.1, 0.15) is 0 Å². The van der Waals surface area contributed by atoms with E-state index >= 15 is 0 Å². The van der Waals surface area contributed by atoms with Crippen molar-refractivity contribution in [3.63, 3.8) is 0 Å². The molecule has 0 aromatic heterocycles. The smallest absolute Gasteiger partial charge is 0.220 e. The molecule has 0 unspecified atom stereocenters. The molecule has 0 aromatic carbocycles. The van der Waals surface area contributed by atoms with Crippen molar-refractivity contribution in [2.24, 2.45) is 5.73 Å². The minimum Gasteiger partial charge on any atom is -0.355 e. The summed E-state index contributed by atoms with van der Waals surface area (Å²) in [5.74, 6) is 0.176. The Morgan fingerprint density at radius 1 is 1.16 bits per heavy atom. The van der Waals surface area contributed by atoms with Gasteiger partial charge in [-0.25, -0.2) is 0 Å². The highest BCUT2D eigenvalue weighted by Gasteiger charge is 2.04. The molecule has 0 spiro atoms. The van der Waals surface area contributed by atoms with Crippen LogP contribution in [0.5, 0.6) is 0 Å². The van der Waals surface area contributed by atoms with Crippen molar-refractivity contribution in [2.75, 3.05) is 26.7 Å². The van der Waals surface area contributed by atoms with Crippen LogP contribution in [0, 0.1) is 0 Å². The lowest BCUT2D eigenvalue weighted by molar-refractivity contribution is -0.121. The quantitative estimate of drug-likeness (QED) is 0.608. The molecule has 0 aliphatic carbocycles. The van der Waals surface area contributed by atoms with Crippen LogP contribution in [0.3, 0.4) is 0 Å². The molecule has 19 heavy (non-hydrogen) atoms. The molecule has 0 bridgehead atoms. The van der Waals surface area contributed by atoms with Gasteiger partial charge < -0.3 is 16.0 Å². The molecule has 0 rings (SSSR count). The first-order valence-corrected chi connectivity index (χ1v) is 6.75. The standard InChI is InChI=1S/C13H29N3O.2ClH/c1-12(2)16(3)11-10-15-13(17)8-6-4-5-7-9-14;;/h12H,4-11,14H2,1-3H3,(H,15,17);2*1H. The zero-order valence-electron chi connectivity index (χ0n) is 12.5. The van der Waals surface area contributed by atoms with Crippen LogP contribution >= 0.6 is 24.8 Å². The summed E-state index contributed by atoms with van der Waals surface area (Å²) in [6.07, 6.45) is 4.94. The highest BCUT2D eigenvalue weighted by atomic mass is 35.5. The van der Waals surface area contributed by atoms with E-state index in [9.17, 15) is 4.79 Å². The SMILES string of the molecule is CC(C)N(C)CCNC(=O)CCCCCCN.Cl.Cl. The Kier molecular flexibility index (Phi) is 20.3. The Balaban J connectivity index is -0.00000128. The maximum Gasteiger partial charge on any atom is 0.220 e. The van der Waals surface area contributed by atoms with Crippen molar-refractivity contribution < 1.29 is 4.79 Å². The van der Waals surface area contributed by atoms with E-state index in [0.29, 0.717) is 12.5 Å². The van der Waals surface area contributed by atoms with Crippen LogP contribution in [0.4, 0.5) is 0 Å². The van der Waals surface area contributed by atoms with Gasteiger partial charge in [0.25, 0.3) is 0 Å². The van der Waals surface area contributed by atoms with Gasteiger partial charge in [-0.1, -0.05) is 12.8 Å². The molecule has 0 fully saturated rings. The molecule has 0 aliphatic rings. The second kappa shape index (κ2) is 16.0. The number of halogens is 2. The molecule has 0 radical (unpaired) electrons. The number of nitrogens with zero attached hydrogens (tertiary/aromatic N) is 1. The van der Waals surface area contributed by atoms with E-state index in [2.05, 4.69) is 31.1 Å². The molecular formula is C13H31Cl2N3O. The van der Waals surface area contributed by atoms with Gasteiger partial charge in [-0.3, -0.25) is 4.79 Å². The molecule has 0 saturated carbocycles. The van der Waals surface area contributed by atoms with E-state index in [4.69, 9.17) is 5.73 Å². The summed E-state index contributed by atoms with van der Waals surface area (Å²) in [6.45, 7) is 6.72. The van der Waals surface area contributed by atoms with Crippen LogP contribution in [-0.2, 0) is 4.79 Å². The number of hydrogen-bond acceptors (Lipinski definition) is 3. The molecule has 0 heterocycles. The fourth-order valence-electron chi connectivity index (χ4n) is 1.50. The minimum atomic E-state index is 0. The Labute approximate surface area is 130 Å². The van der Waals surface area contributed by atoms with Gasteiger partial charge in [0.15, 0.2) is 0 Å². The van der Waals surface area contributed by atoms with E-state index in [1.54, 1.807) is 0 Å². The first kappa shape index (κ1) is 24.0. The molecular weight excluding hydrogens is 285 g/mol. The zero-order chi connectivity index (χ0) is 13.1. The third-order valence-corrected chi connectivity index (χ3v) is 3.03. The summed E-state index contributed by atoms with van der Waals surface area (Å²) < 4.78 is 0. The molecule has 0 saturated heterocycles. The number of amides is 1. The van der Waals surface area contributed by atoms with Crippen molar-refractivity contribution in [3.8, 4) is 0 Å². The predicted octanol–water partition coefficient (Wildman–Crippen LogP) is 2.20. The van der Waals surface area contributed by atoms with Gasteiger partial charge in [0.2, 0.25) is 5.91 Å². The van der Waals surface area contributed by atoms with Gasteiger partial charge in [-0.2, -0.15) is 0 Å². The van der Waals surface area contributed by atoms with Gasteiger partial charge in [0.05, 0.1) is 0 Å². The lowest BCUT2D eigenvalue weighted by Crippen LogP contribution is -2.36. The molecule has 0 aliphatic heterocycles. The minimum absolute atomic E-state index is 0. The Morgan fingerprint density at radius 2 is 1.74 bits per heavy atom. The second-order valence-corrected chi connectivity index (χ2v) is 4.88. The second-order valence-electron chi connectivity index (χ2n) is 4.88. The topological polar surface area (TPSA) is 58.4 Å². The van der Waals surface area contributed by atoms with Gasteiger partial charge in [-0.05, 0) is 40.3 Å². The predicted molar refractivity (Wildman–Crippen MR) is 87.4 cm³/mol. The first-order valence-electron chi connectivity index (χ1n) is 6.75. The number of nitrogens with two attached hydrogens (primary N) is 1. The monoisotopic (exact) mass is 315 g/mol. The summed E-state index contributed by atoms with van der Waals surface area (Å²) in [5, 5.41) is 2.95. The molecule has 4 nitrogen and oxygen atoms in total. The number of carbonyl (C=O) groups is 1. The number of hydrogen-bond donors (Lipinski definition) is 2.